The van der Waals surface area contributed by atoms with Crippen molar-refractivity contribution >= 4 is 34.8 Å². The van der Waals surface area contributed by atoms with Crippen LogP contribution in [0.15, 0.2) is 143 Å². The van der Waals surface area contributed by atoms with Crippen molar-refractivity contribution in [3.8, 4) is 0 Å². The van der Waals surface area contributed by atoms with Crippen molar-refractivity contribution in [1.29, 1.82) is 0 Å². The highest BCUT2D eigenvalue weighted by Crippen LogP contribution is 2.47. The highest BCUT2D eigenvalue weighted by Gasteiger charge is 2.25. The lowest BCUT2D eigenvalue weighted by molar-refractivity contribution is 0.460. The third kappa shape index (κ3) is 5.18. The molecule has 0 aliphatic carbocycles. The van der Waals surface area contributed by atoms with Crippen LogP contribution < -0.4 is 0 Å². The number of allylic oxidation sites excluding steroid dienone is 4. The van der Waals surface area contributed by atoms with Crippen LogP contribution in [0, 0.1) is 0 Å². The number of ether oxygens (including phenoxy) is 2. The van der Waals surface area contributed by atoms with Crippen LogP contribution in [-0.4, -0.2) is 0 Å². The van der Waals surface area contributed by atoms with E-state index < -0.39 is 0 Å². The van der Waals surface area contributed by atoms with Crippen molar-refractivity contribution in [2.24, 2.45) is 0 Å². The number of rotatable bonds is 6. The van der Waals surface area contributed by atoms with Crippen molar-refractivity contribution in [2.75, 3.05) is 0 Å². The predicted molar refractivity (Wildman–Crippen MR) is 155 cm³/mol. The average molecular weight is 499 g/mol. The quantitative estimate of drug-likeness (QED) is 0.264. The second kappa shape index (κ2) is 10.8. The molecular formula is C34H26O2S. The van der Waals surface area contributed by atoms with E-state index in [0.717, 1.165) is 58.1 Å². The highest BCUT2D eigenvalue weighted by molar-refractivity contribution is 8.07. The van der Waals surface area contributed by atoms with Crippen LogP contribution in [0.3, 0.4) is 0 Å². The molecule has 0 unspecified atom stereocenters. The minimum Gasteiger partial charge on any atom is -0.456 e. The second-order valence-corrected chi connectivity index (χ2v) is 10.0. The summed E-state index contributed by atoms with van der Waals surface area (Å²) < 4.78 is 13.2. The summed E-state index contributed by atoms with van der Waals surface area (Å²) in [5.74, 6) is 3.61. The summed E-state index contributed by atoms with van der Waals surface area (Å²) in [4.78, 5) is 2.35. The van der Waals surface area contributed by atoms with Crippen LogP contribution >= 0.6 is 11.8 Å². The van der Waals surface area contributed by atoms with Gasteiger partial charge in [0.1, 0.15) is 23.0 Å². The zero-order chi connectivity index (χ0) is 24.9. The Morgan fingerprint density at radius 3 is 1.08 bits per heavy atom. The Labute approximate surface area is 222 Å². The van der Waals surface area contributed by atoms with E-state index in [-0.39, 0.29) is 0 Å². The maximum Gasteiger partial charge on any atom is 0.144 e. The van der Waals surface area contributed by atoms with Gasteiger partial charge in [-0.25, -0.2) is 0 Å². The summed E-state index contributed by atoms with van der Waals surface area (Å²) in [6.45, 7) is 0. The van der Waals surface area contributed by atoms with Crippen molar-refractivity contribution in [3.05, 3.63) is 166 Å². The van der Waals surface area contributed by atoms with Gasteiger partial charge in [-0.1, -0.05) is 133 Å². The van der Waals surface area contributed by atoms with Crippen molar-refractivity contribution in [3.63, 3.8) is 0 Å². The summed E-state index contributed by atoms with van der Waals surface area (Å²) in [5, 5.41) is 0. The van der Waals surface area contributed by atoms with Gasteiger partial charge >= 0.3 is 0 Å². The summed E-state index contributed by atoms with van der Waals surface area (Å²) in [5.41, 5.74) is 4.32. The third-order valence-electron chi connectivity index (χ3n) is 6.31. The van der Waals surface area contributed by atoms with Crippen molar-refractivity contribution < 1.29 is 9.47 Å². The zero-order valence-electron chi connectivity index (χ0n) is 20.3. The van der Waals surface area contributed by atoms with E-state index in [1.165, 1.54) is 9.81 Å². The monoisotopic (exact) mass is 498 g/mol. The molecule has 4 aromatic carbocycles. The van der Waals surface area contributed by atoms with Crippen LogP contribution in [-0.2, 0) is 9.47 Å². The van der Waals surface area contributed by atoms with Gasteiger partial charge in [0.15, 0.2) is 0 Å². The summed E-state index contributed by atoms with van der Waals surface area (Å²) in [7, 11) is 0. The lowest BCUT2D eigenvalue weighted by Crippen LogP contribution is -2.05. The first-order valence-corrected chi connectivity index (χ1v) is 13.3. The van der Waals surface area contributed by atoms with Crippen LogP contribution in [0.4, 0.5) is 0 Å². The van der Waals surface area contributed by atoms with E-state index in [1.54, 1.807) is 11.8 Å². The molecule has 0 atom stereocenters. The topological polar surface area (TPSA) is 18.5 Å². The van der Waals surface area contributed by atoms with Gasteiger partial charge in [-0.3, -0.25) is 0 Å². The Balaban J connectivity index is 1.38. The van der Waals surface area contributed by atoms with Gasteiger partial charge in [0, 0.05) is 44.9 Å². The molecule has 2 nitrogen and oxygen atoms in total. The van der Waals surface area contributed by atoms with Crippen LogP contribution in [0.25, 0.3) is 23.0 Å². The average Bonchev–Trinajstić information content (AvgIpc) is 2.99. The molecular weight excluding hydrogens is 472 g/mol. The van der Waals surface area contributed by atoms with E-state index in [9.17, 15) is 0 Å². The van der Waals surface area contributed by atoms with Crippen LogP contribution in [0.1, 0.15) is 35.1 Å². The molecule has 2 aliphatic heterocycles. The molecule has 37 heavy (non-hydrogen) atoms. The molecule has 0 bridgehead atoms. The van der Waals surface area contributed by atoms with E-state index in [2.05, 4.69) is 84.9 Å². The van der Waals surface area contributed by atoms with Crippen molar-refractivity contribution in [1.82, 2.24) is 0 Å². The fourth-order valence-corrected chi connectivity index (χ4v) is 5.61. The first-order chi connectivity index (χ1) is 18.3. The fraction of sp³-hybridized carbons (Fsp3) is 0.0588. The molecule has 0 aromatic heterocycles. The first kappa shape index (κ1) is 23.2. The van der Waals surface area contributed by atoms with Gasteiger partial charge in [0.25, 0.3) is 0 Å². The van der Waals surface area contributed by atoms with E-state index in [4.69, 9.17) is 9.47 Å². The Morgan fingerprint density at radius 2 is 0.730 bits per heavy atom. The molecule has 0 amide bonds. The van der Waals surface area contributed by atoms with E-state index in [0.29, 0.717) is 0 Å². The molecule has 2 aliphatic rings. The Kier molecular flexibility index (Phi) is 6.78. The standard InChI is InChI=1S/C34H26O2S/c1-5-13-25(14-6-1)29-21-23-31(33(35-29)27-17-9-3-10-18-27)37-32-24-22-30(26-15-7-2-8-16-26)36-34(32)28-19-11-4-12-20-28/h1-22H,23-24H2. The molecule has 0 saturated carbocycles. The fourth-order valence-electron chi connectivity index (χ4n) is 4.48. The van der Waals surface area contributed by atoms with E-state index >= 15 is 0 Å². The molecule has 0 spiro atoms. The zero-order valence-corrected chi connectivity index (χ0v) is 21.2. The number of hydrogen-bond donors (Lipinski definition) is 0. The van der Waals surface area contributed by atoms with Crippen LogP contribution in [0.2, 0.25) is 0 Å². The number of hydrogen-bond acceptors (Lipinski definition) is 3. The predicted octanol–water partition coefficient (Wildman–Crippen LogP) is 9.38. The Morgan fingerprint density at radius 1 is 0.405 bits per heavy atom. The smallest absolute Gasteiger partial charge is 0.144 e. The first-order valence-electron chi connectivity index (χ1n) is 12.5. The maximum atomic E-state index is 6.59. The van der Waals surface area contributed by atoms with Gasteiger partial charge < -0.3 is 9.47 Å². The van der Waals surface area contributed by atoms with Gasteiger partial charge in [0.05, 0.1) is 0 Å². The SMILES string of the molecule is C1=C(c2ccccc2)OC(c2ccccc2)=C(SC2=C(c3ccccc3)OC(c3ccccc3)=CC2)C1. The molecule has 4 aromatic rings. The molecule has 180 valence electrons. The molecule has 0 radical (unpaired) electrons. The molecule has 2 heterocycles. The lowest BCUT2D eigenvalue weighted by atomic mass is 10.1. The second-order valence-electron chi connectivity index (χ2n) is 8.82. The van der Waals surface area contributed by atoms with Gasteiger partial charge in [-0.2, -0.15) is 0 Å². The lowest BCUT2D eigenvalue weighted by Gasteiger charge is -2.26. The molecule has 0 N–H and O–H groups in total. The minimum atomic E-state index is 0.792. The third-order valence-corrected chi connectivity index (χ3v) is 7.51. The molecule has 0 saturated heterocycles. The Bertz CT molecular complexity index is 1380. The number of thioether (sulfide) groups is 1. The highest BCUT2D eigenvalue weighted by atomic mass is 32.2. The van der Waals surface area contributed by atoms with Gasteiger partial charge in [-0.15, -0.1) is 0 Å². The maximum absolute atomic E-state index is 6.59. The van der Waals surface area contributed by atoms with Crippen LogP contribution in [0.5, 0.6) is 0 Å². The van der Waals surface area contributed by atoms with Gasteiger partial charge in [-0.05, 0) is 12.2 Å². The Hall–Kier alpha value is -4.21. The normalized spacial score (nSPS) is 15.5. The van der Waals surface area contributed by atoms with E-state index in [1.807, 2.05) is 48.5 Å². The molecule has 0 fully saturated rings. The van der Waals surface area contributed by atoms with Gasteiger partial charge in [0.2, 0.25) is 0 Å². The summed E-state index contributed by atoms with van der Waals surface area (Å²) >= 11 is 1.76. The molecule has 6 rings (SSSR count). The number of benzene rings is 4. The molecule has 3 heteroatoms. The summed E-state index contributed by atoms with van der Waals surface area (Å²) in [6, 6.07) is 41.3. The minimum absolute atomic E-state index is 0.792. The summed E-state index contributed by atoms with van der Waals surface area (Å²) in [6.07, 6.45) is 5.95. The largest absolute Gasteiger partial charge is 0.456 e. The van der Waals surface area contributed by atoms with Crippen molar-refractivity contribution in [2.45, 2.75) is 12.8 Å².